The van der Waals surface area contributed by atoms with Crippen LogP contribution in [-0.2, 0) is 9.59 Å². The van der Waals surface area contributed by atoms with Crippen molar-refractivity contribution in [3.05, 3.63) is 0 Å². The largest absolute Gasteiger partial charge is 0.351 e. The van der Waals surface area contributed by atoms with Gasteiger partial charge in [0.15, 0.2) is 0 Å². The fourth-order valence-corrected chi connectivity index (χ4v) is 5.62. The molecule has 0 atom stereocenters. The second-order valence-electron chi connectivity index (χ2n) is 8.80. The van der Waals surface area contributed by atoms with Crippen LogP contribution in [0.1, 0.15) is 51.9 Å². The predicted octanol–water partition coefficient (Wildman–Crippen LogP) is 1.38. The molecule has 2 aliphatic heterocycles. The zero-order chi connectivity index (χ0) is 16.3. The molecule has 128 valence electrons. The van der Waals surface area contributed by atoms with Crippen LogP contribution in [-0.4, -0.2) is 60.4 Å². The monoisotopic (exact) mass is 319 g/mol. The molecule has 2 bridgehead atoms. The SMILES string of the molecule is CCC(=O)NC12CCC(C(=O)N3CC4(CN(C)C4)C3)(CC1)CC2. The van der Waals surface area contributed by atoms with Crippen LogP contribution in [0, 0.1) is 10.8 Å². The topological polar surface area (TPSA) is 52.7 Å². The van der Waals surface area contributed by atoms with Crippen molar-refractivity contribution in [1.82, 2.24) is 15.1 Å². The van der Waals surface area contributed by atoms with Crippen LogP contribution in [0.25, 0.3) is 0 Å². The van der Waals surface area contributed by atoms with Crippen molar-refractivity contribution in [2.75, 3.05) is 33.2 Å². The van der Waals surface area contributed by atoms with Crippen LogP contribution in [0.5, 0.6) is 0 Å². The maximum Gasteiger partial charge on any atom is 0.228 e. The average Bonchev–Trinajstić information content (AvgIpc) is 2.50. The first-order valence-electron chi connectivity index (χ1n) is 9.19. The van der Waals surface area contributed by atoms with E-state index in [9.17, 15) is 9.59 Å². The van der Waals surface area contributed by atoms with E-state index in [1.54, 1.807) is 0 Å². The summed E-state index contributed by atoms with van der Waals surface area (Å²) in [4.78, 5) is 29.3. The van der Waals surface area contributed by atoms with Gasteiger partial charge >= 0.3 is 0 Å². The number of hydrogen-bond donors (Lipinski definition) is 1. The van der Waals surface area contributed by atoms with Crippen molar-refractivity contribution < 1.29 is 9.59 Å². The van der Waals surface area contributed by atoms with Crippen LogP contribution in [0.3, 0.4) is 0 Å². The van der Waals surface area contributed by atoms with Crippen LogP contribution >= 0.6 is 0 Å². The van der Waals surface area contributed by atoms with Crippen LogP contribution in [0.15, 0.2) is 0 Å². The van der Waals surface area contributed by atoms with E-state index in [1.165, 1.54) is 0 Å². The van der Waals surface area contributed by atoms with Gasteiger partial charge in [0, 0.05) is 49.0 Å². The number of carbonyl (C=O) groups excluding carboxylic acids is 2. The zero-order valence-corrected chi connectivity index (χ0v) is 14.5. The fraction of sp³-hybridized carbons (Fsp3) is 0.889. The van der Waals surface area contributed by atoms with Crippen molar-refractivity contribution in [2.45, 2.75) is 57.4 Å². The van der Waals surface area contributed by atoms with Crippen LogP contribution in [0.4, 0.5) is 0 Å². The molecule has 3 saturated carbocycles. The number of nitrogens with zero attached hydrogens (tertiary/aromatic N) is 2. The first-order chi connectivity index (χ1) is 10.9. The Morgan fingerprint density at radius 2 is 1.52 bits per heavy atom. The highest BCUT2D eigenvalue weighted by Gasteiger charge is 2.58. The van der Waals surface area contributed by atoms with Gasteiger partial charge in [0.05, 0.1) is 0 Å². The van der Waals surface area contributed by atoms with Gasteiger partial charge in [0.2, 0.25) is 11.8 Å². The molecule has 0 aromatic heterocycles. The second kappa shape index (κ2) is 4.95. The Bertz CT molecular complexity index is 506. The van der Waals surface area contributed by atoms with Gasteiger partial charge in [-0.25, -0.2) is 0 Å². The maximum atomic E-state index is 13.1. The highest BCUT2D eigenvalue weighted by Crippen LogP contribution is 2.54. The fourth-order valence-electron chi connectivity index (χ4n) is 5.62. The Kier molecular flexibility index (Phi) is 3.32. The van der Waals surface area contributed by atoms with Crippen molar-refractivity contribution in [3.8, 4) is 0 Å². The minimum absolute atomic E-state index is 0.0119. The lowest BCUT2D eigenvalue weighted by Crippen LogP contribution is -2.73. The summed E-state index contributed by atoms with van der Waals surface area (Å²) in [5.74, 6) is 0.567. The number of amides is 2. The molecular weight excluding hydrogens is 290 g/mol. The smallest absolute Gasteiger partial charge is 0.228 e. The van der Waals surface area contributed by atoms with Gasteiger partial charge in [-0.3, -0.25) is 9.59 Å². The Morgan fingerprint density at radius 3 is 2.00 bits per heavy atom. The summed E-state index contributed by atoms with van der Waals surface area (Å²) in [7, 11) is 2.15. The number of fused-ring (bicyclic) bond motifs is 3. The van der Waals surface area contributed by atoms with E-state index in [-0.39, 0.29) is 16.9 Å². The van der Waals surface area contributed by atoms with E-state index < -0.39 is 0 Å². The van der Waals surface area contributed by atoms with Gasteiger partial charge in [-0.15, -0.1) is 0 Å². The average molecular weight is 319 g/mol. The molecule has 2 saturated heterocycles. The van der Waals surface area contributed by atoms with E-state index >= 15 is 0 Å². The van der Waals surface area contributed by atoms with Crippen molar-refractivity contribution in [1.29, 1.82) is 0 Å². The van der Waals surface area contributed by atoms with Gasteiger partial charge in [-0.05, 0) is 45.6 Å². The maximum absolute atomic E-state index is 13.1. The molecule has 2 heterocycles. The number of hydrogen-bond acceptors (Lipinski definition) is 3. The third-order valence-corrected chi connectivity index (χ3v) is 6.98. The van der Waals surface area contributed by atoms with E-state index in [0.29, 0.717) is 17.7 Å². The summed E-state index contributed by atoms with van der Waals surface area (Å²) in [6.07, 6.45) is 6.36. The molecular formula is C18H29N3O2. The van der Waals surface area contributed by atoms with Gasteiger partial charge in [0.25, 0.3) is 0 Å². The van der Waals surface area contributed by atoms with Gasteiger partial charge < -0.3 is 15.1 Å². The second-order valence-corrected chi connectivity index (χ2v) is 8.80. The normalized spacial score (nSPS) is 38.1. The molecule has 5 aliphatic rings. The van der Waals surface area contributed by atoms with Gasteiger partial charge in [0.1, 0.15) is 0 Å². The summed E-state index contributed by atoms with van der Waals surface area (Å²) < 4.78 is 0. The van der Waals surface area contributed by atoms with E-state index in [4.69, 9.17) is 0 Å². The van der Waals surface area contributed by atoms with E-state index in [1.807, 2.05) is 6.92 Å². The number of rotatable bonds is 3. The standard InChI is InChI=1S/C18H29N3O2/c1-3-14(22)19-18-7-4-17(5-8-18,6-9-18)15(23)21-12-16(13-21)10-20(2)11-16/h3-13H2,1-2H3,(H,19,22). The molecule has 2 amide bonds. The third-order valence-electron chi connectivity index (χ3n) is 6.98. The predicted molar refractivity (Wildman–Crippen MR) is 87.8 cm³/mol. The summed E-state index contributed by atoms with van der Waals surface area (Å²) in [6, 6.07) is 0. The van der Waals surface area contributed by atoms with Gasteiger partial charge in [-0.1, -0.05) is 6.92 Å². The molecule has 0 radical (unpaired) electrons. The Balaban J connectivity index is 1.37. The first-order valence-corrected chi connectivity index (χ1v) is 9.19. The lowest BCUT2D eigenvalue weighted by Gasteiger charge is -2.62. The third kappa shape index (κ3) is 2.31. The molecule has 0 aromatic carbocycles. The van der Waals surface area contributed by atoms with Crippen molar-refractivity contribution in [2.24, 2.45) is 10.8 Å². The molecule has 5 nitrogen and oxygen atoms in total. The van der Waals surface area contributed by atoms with Crippen LogP contribution in [0.2, 0.25) is 0 Å². The number of likely N-dealkylation sites (tertiary alicyclic amines) is 2. The summed E-state index contributed by atoms with van der Waals surface area (Å²) in [5.41, 5.74) is 0.293. The highest BCUT2D eigenvalue weighted by atomic mass is 16.2. The number of carbonyl (C=O) groups is 2. The lowest BCUT2D eigenvalue weighted by molar-refractivity contribution is -0.173. The highest BCUT2D eigenvalue weighted by molar-refractivity contribution is 5.84. The molecule has 1 spiro atoms. The molecule has 5 fully saturated rings. The molecule has 5 rings (SSSR count). The molecule has 1 N–H and O–H groups in total. The lowest BCUT2D eigenvalue weighted by atomic mass is 9.56. The number of nitrogens with one attached hydrogen (secondary N) is 1. The quantitative estimate of drug-likeness (QED) is 0.855. The molecule has 0 aromatic rings. The molecule has 0 unspecified atom stereocenters. The van der Waals surface area contributed by atoms with Crippen molar-refractivity contribution in [3.63, 3.8) is 0 Å². The first kappa shape index (κ1) is 15.4. The Morgan fingerprint density at radius 1 is 0.957 bits per heavy atom. The minimum Gasteiger partial charge on any atom is -0.351 e. The molecule has 3 aliphatic carbocycles. The zero-order valence-electron chi connectivity index (χ0n) is 14.5. The summed E-state index contributed by atoms with van der Waals surface area (Å²) >= 11 is 0. The Labute approximate surface area is 138 Å². The Hall–Kier alpha value is -1.10. The van der Waals surface area contributed by atoms with E-state index in [2.05, 4.69) is 22.2 Å². The van der Waals surface area contributed by atoms with E-state index in [0.717, 1.165) is 64.7 Å². The van der Waals surface area contributed by atoms with Gasteiger partial charge in [-0.2, -0.15) is 0 Å². The van der Waals surface area contributed by atoms with Crippen molar-refractivity contribution >= 4 is 11.8 Å². The van der Waals surface area contributed by atoms with Crippen LogP contribution < -0.4 is 5.32 Å². The molecule has 5 heteroatoms. The summed E-state index contributed by atoms with van der Waals surface area (Å²) in [6.45, 7) is 6.14. The summed E-state index contributed by atoms with van der Waals surface area (Å²) in [5, 5.41) is 3.25. The minimum atomic E-state index is -0.115. The molecule has 23 heavy (non-hydrogen) atoms.